The Morgan fingerprint density at radius 2 is 0.818 bits per heavy atom. The molecule has 0 aliphatic carbocycles. The van der Waals surface area contributed by atoms with Gasteiger partial charge in [0.15, 0.2) is 0 Å². The summed E-state index contributed by atoms with van der Waals surface area (Å²) in [6.45, 7) is 19.1. The van der Waals surface area contributed by atoms with Crippen LogP contribution in [0.25, 0.3) is 43.8 Å². The van der Waals surface area contributed by atoms with Gasteiger partial charge in [0.2, 0.25) is 0 Å². The SMILES string of the molecule is C[Si](C)(C)c1cc2c(-c3ccccc3)cccc2[cH-]1.C[Si](C)(C)c1cc2c(-c3ccccc3)cccc2[cH-]1.C[Si](C)=[Hf+2].[Cl-].[Cl-]. The molecule has 0 radical (unpaired) electrons. The van der Waals surface area contributed by atoms with E-state index >= 15 is 0 Å². The van der Waals surface area contributed by atoms with Gasteiger partial charge in [-0.25, -0.2) is 0 Å². The fraction of sp³-hybridized carbons (Fsp3) is 0.211. The van der Waals surface area contributed by atoms with E-state index in [4.69, 9.17) is 0 Å². The molecule has 6 heteroatoms. The van der Waals surface area contributed by atoms with Gasteiger partial charge in [-0.3, -0.25) is 0 Å². The molecule has 0 saturated heterocycles. The van der Waals surface area contributed by atoms with Gasteiger partial charge in [0.25, 0.3) is 0 Å². The van der Waals surface area contributed by atoms with Gasteiger partial charge in [0.05, 0.1) is 16.1 Å². The van der Waals surface area contributed by atoms with Crippen molar-refractivity contribution in [2.75, 3.05) is 0 Å². The minimum absolute atomic E-state index is 0. The number of rotatable bonds is 4. The van der Waals surface area contributed by atoms with E-state index in [9.17, 15) is 0 Å². The first-order chi connectivity index (χ1) is 19.8. The molecule has 0 amide bonds. The predicted octanol–water partition coefficient (Wildman–Crippen LogP) is 4.33. The van der Waals surface area contributed by atoms with Crippen molar-refractivity contribution in [2.45, 2.75) is 52.4 Å². The van der Waals surface area contributed by atoms with E-state index in [1.807, 2.05) is 0 Å². The van der Waals surface area contributed by atoms with Crippen molar-refractivity contribution in [3.8, 4) is 22.3 Å². The third-order valence-corrected chi connectivity index (χ3v) is 11.4. The molecule has 0 saturated carbocycles. The maximum atomic E-state index is 2.41. The molecule has 0 aromatic heterocycles. The number of benzene rings is 4. The number of hydrogen-bond acceptors (Lipinski definition) is 0. The fourth-order valence-electron chi connectivity index (χ4n) is 5.07. The van der Waals surface area contributed by atoms with Gasteiger partial charge < -0.3 is 24.8 Å². The van der Waals surface area contributed by atoms with Crippen molar-refractivity contribution in [2.24, 2.45) is 0 Å². The number of fused-ring (bicyclic) bond motifs is 2. The second kappa shape index (κ2) is 16.7. The normalized spacial score (nSPS) is 11.0. The van der Waals surface area contributed by atoms with Gasteiger partial charge in [-0.15, -0.1) is 68.3 Å². The van der Waals surface area contributed by atoms with Gasteiger partial charge >= 0.3 is 41.6 Å². The first-order valence-electron chi connectivity index (χ1n) is 14.9. The second-order valence-electron chi connectivity index (χ2n) is 13.3. The topological polar surface area (TPSA) is 0 Å². The van der Waals surface area contributed by atoms with Crippen LogP contribution in [-0.2, 0) is 23.0 Å². The Bertz CT molecular complexity index is 1640. The monoisotopic (exact) mass is 834 g/mol. The van der Waals surface area contributed by atoms with Crippen LogP contribution in [-0.4, -0.2) is 21.6 Å². The van der Waals surface area contributed by atoms with E-state index in [0.29, 0.717) is 0 Å². The van der Waals surface area contributed by atoms with Crippen LogP contribution in [0.4, 0.5) is 0 Å². The second-order valence-corrected chi connectivity index (χ2v) is 36.3. The summed E-state index contributed by atoms with van der Waals surface area (Å²) < 4.78 is 0. The minimum Gasteiger partial charge on any atom is -1.00 e. The Balaban J connectivity index is 0.000000263. The van der Waals surface area contributed by atoms with Crippen LogP contribution in [0.2, 0.25) is 52.4 Å². The van der Waals surface area contributed by atoms with E-state index in [2.05, 4.69) is 174 Å². The Hall–Kier alpha value is -1.80. The average Bonchev–Trinajstić information content (AvgIpc) is 3.59. The Morgan fingerprint density at radius 1 is 0.500 bits per heavy atom. The van der Waals surface area contributed by atoms with E-state index in [1.54, 1.807) is 10.4 Å². The Labute approximate surface area is 295 Å². The van der Waals surface area contributed by atoms with Crippen molar-refractivity contribution >= 4 is 53.6 Å². The summed E-state index contributed by atoms with van der Waals surface area (Å²) in [4.78, 5) is 0. The quantitative estimate of drug-likeness (QED) is 0.184. The molecule has 6 rings (SSSR count). The van der Waals surface area contributed by atoms with Crippen LogP contribution in [0.3, 0.4) is 0 Å². The summed E-state index contributed by atoms with van der Waals surface area (Å²) in [5.74, 6) is 0. The maximum absolute atomic E-state index is 2.41. The van der Waals surface area contributed by atoms with Crippen molar-refractivity contribution < 1.29 is 47.8 Å². The molecule has 228 valence electrons. The van der Waals surface area contributed by atoms with Crippen LogP contribution in [0.1, 0.15) is 0 Å². The van der Waals surface area contributed by atoms with Gasteiger partial charge in [0.1, 0.15) is 0 Å². The van der Waals surface area contributed by atoms with Crippen molar-refractivity contribution in [1.82, 2.24) is 0 Å². The smallest absolute Gasteiger partial charge is 1.00 e. The average molecular weight is 834 g/mol. The van der Waals surface area contributed by atoms with E-state index in [0.717, 1.165) is 0 Å². The molecule has 6 aromatic rings. The molecule has 0 atom stereocenters. The summed E-state index contributed by atoms with van der Waals surface area (Å²) in [5, 5.41) is 8.63. The molecular formula is C38H44Cl2HfSi3-2. The number of hydrogen-bond donors (Lipinski definition) is 0. The van der Waals surface area contributed by atoms with Crippen LogP contribution in [0, 0.1) is 0 Å². The molecule has 0 nitrogen and oxygen atoms in total. The molecule has 0 unspecified atom stereocenters. The summed E-state index contributed by atoms with van der Waals surface area (Å²) in [7, 11) is -2.48. The molecule has 44 heavy (non-hydrogen) atoms. The molecule has 6 aromatic carbocycles. The van der Waals surface area contributed by atoms with E-state index in [1.165, 1.54) is 66.8 Å². The first-order valence-corrected chi connectivity index (χ1v) is 29.8. The van der Waals surface area contributed by atoms with Gasteiger partial charge in [-0.2, -0.15) is 12.1 Å². The van der Waals surface area contributed by atoms with Crippen LogP contribution >= 0.6 is 0 Å². The molecule has 0 fully saturated rings. The summed E-state index contributed by atoms with van der Waals surface area (Å²) in [5.41, 5.74) is 5.57. The minimum atomic E-state index is -1.24. The largest absolute Gasteiger partial charge is 1.00 e. The maximum Gasteiger partial charge on any atom is -1.00 e. The zero-order valence-electron chi connectivity index (χ0n) is 27.3. The molecule has 0 N–H and O–H groups in total. The van der Waals surface area contributed by atoms with Gasteiger partial charge in [-0.1, -0.05) is 123 Å². The van der Waals surface area contributed by atoms with E-state index < -0.39 is 16.1 Å². The Morgan fingerprint density at radius 3 is 1.11 bits per heavy atom. The van der Waals surface area contributed by atoms with E-state index in [-0.39, 0.29) is 30.3 Å². The zero-order valence-corrected chi connectivity index (χ0v) is 35.4. The van der Waals surface area contributed by atoms with Gasteiger partial charge in [0, 0.05) is 0 Å². The zero-order chi connectivity index (χ0) is 30.5. The van der Waals surface area contributed by atoms with Crippen LogP contribution in [0.5, 0.6) is 0 Å². The molecule has 0 spiro atoms. The summed E-state index contributed by atoms with van der Waals surface area (Å²) in [6.07, 6.45) is 0. The van der Waals surface area contributed by atoms with Crippen molar-refractivity contribution in [3.63, 3.8) is 0 Å². The molecule has 0 bridgehead atoms. The third-order valence-electron chi connectivity index (χ3n) is 7.40. The van der Waals surface area contributed by atoms with Crippen LogP contribution in [0.15, 0.2) is 121 Å². The van der Waals surface area contributed by atoms with Crippen molar-refractivity contribution in [3.05, 3.63) is 121 Å². The first kappa shape index (κ1) is 38.4. The van der Waals surface area contributed by atoms with Crippen LogP contribution < -0.4 is 35.2 Å². The summed E-state index contributed by atoms with van der Waals surface area (Å²) >= 11 is 1.45. The molecule has 0 heterocycles. The molecule has 0 aliphatic rings. The fourth-order valence-corrected chi connectivity index (χ4v) is 7.41. The summed E-state index contributed by atoms with van der Waals surface area (Å²) in [6, 6.07) is 44.2. The van der Waals surface area contributed by atoms with Crippen molar-refractivity contribution in [1.29, 1.82) is 0 Å². The molecular weight excluding hydrogens is 790 g/mol. The number of halogens is 2. The van der Waals surface area contributed by atoms with Gasteiger partial charge in [-0.05, 0) is 11.1 Å². The third kappa shape index (κ3) is 10.1. The molecule has 0 aliphatic heterocycles. The predicted molar refractivity (Wildman–Crippen MR) is 193 cm³/mol. The standard InChI is InChI=1S/2C18H19Si.C2H6Si.2ClH.Hf/c2*1-19(2,3)16-12-15-10-7-11-17(18(15)13-16)14-8-5-4-6-9-14;1-3-2;;;/h2*4-13H,1-3H3;1-2H3;2*1H;/q2*-1;;;;+2/p-2. The Kier molecular flexibility index (Phi) is 14.5.